The molecule has 3 aliphatic rings. The zero-order chi connectivity index (χ0) is 20.2. The largest absolute Gasteiger partial charge is 0.467 e. The van der Waals surface area contributed by atoms with Crippen molar-refractivity contribution < 1.29 is 14.3 Å². The number of hydrogen-bond donors (Lipinski definition) is 1. The summed E-state index contributed by atoms with van der Waals surface area (Å²) in [5, 5.41) is 3.03. The van der Waals surface area contributed by atoms with Crippen LogP contribution in [0.5, 0.6) is 5.75 Å². The van der Waals surface area contributed by atoms with Gasteiger partial charge in [0.2, 0.25) is 11.8 Å². The Bertz CT molecular complexity index is 988. The monoisotopic (exact) mass is 390 g/mol. The van der Waals surface area contributed by atoms with Gasteiger partial charge in [-0.2, -0.15) is 0 Å². The minimum Gasteiger partial charge on any atom is -0.467 e. The fourth-order valence-electron chi connectivity index (χ4n) is 5.64. The fraction of sp³-hybridized carbons (Fsp3) is 0.417. The normalized spacial score (nSPS) is 30.1. The minimum atomic E-state index is -0.749. The molecule has 5 nitrogen and oxygen atoms in total. The molecule has 2 aromatic rings. The number of hydrogen-bond acceptors (Lipinski definition) is 3. The van der Waals surface area contributed by atoms with Crippen LogP contribution in [0, 0.1) is 18.8 Å². The van der Waals surface area contributed by atoms with E-state index in [2.05, 4.69) is 5.32 Å². The molecule has 1 saturated heterocycles. The highest BCUT2D eigenvalue weighted by atomic mass is 16.5. The van der Waals surface area contributed by atoms with Gasteiger partial charge < -0.3 is 15.0 Å². The van der Waals surface area contributed by atoms with Crippen molar-refractivity contribution in [2.75, 3.05) is 12.4 Å². The van der Waals surface area contributed by atoms with Crippen LogP contribution in [0.3, 0.4) is 0 Å². The molecular weight excluding hydrogens is 364 g/mol. The molecule has 2 fully saturated rings. The molecule has 0 spiro atoms. The Labute approximate surface area is 171 Å². The Balaban J connectivity index is 1.60. The Kier molecular flexibility index (Phi) is 4.16. The van der Waals surface area contributed by atoms with Gasteiger partial charge in [0.25, 0.3) is 0 Å². The lowest BCUT2D eigenvalue weighted by Gasteiger charge is -2.59. The average Bonchev–Trinajstić information content (AvgIpc) is 2.73. The molecule has 2 heterocycles. The summed E-state index contributed by atoms with van der Waals surface area (Å²) in [6.07, 6.45) is 3.91. The van der Waals surface area contributed by atoms with E-state index in [0.29, 0.717) is 0 Å². The third-order valence-corrected chi connectivity index (χ3v) is 7.09. The van der Waals surface area contributed by atoms with E-state index in [1.165, 1.54) is 0 Å². The molecule has 5 heteroatoms. The second-order valence-electron chi connectivity index (χ2n) is 8.54. The summed E-state index contributed by atoms with van der Waals surface area (Å²) in [6.45, 7) is 1.96. The predicted molar refractivity (Wildman–Crippen MR) is 111 cm³/mol. The lowest BCUT2D eigenvalue weighted by Crippen LogP contribution is -2.70. The summed E-state index contributed by atoms with van der Waals surface area (Å²) in [7, 11) is 1.80. The number of benzene rings is 2. The summed E-state index contributed by atoms with van der Waals surface area (Å²) in [5.74, 6) is -0.343. The van der Waals surface area contributed by atoms with Crippen LogP contribution in [0.25, 0.3) is 0 Å². The molecule has 2 aliphatic heterocycles. The Hall–Kier alpha value is -2.82. The molecule has 1 aliphatic carbocycles. The standard InChI is InChI=1S/C24H26N2O3/c1-15-9-3-5-12-18(15)25-22(27)21-20-16-10-4-6-13-19(16)29-24(26(2)23(21)28)14-8-7-11-17(20)24/h3-6,9-10,12-13,17,20-21H,7-8,11,14H2,1-2H3,(H,25,27)/t17-,20+,21+,24+/m0/s1. The smallest absolute Gasteiger partial charge is 0.238 e. The third kappa shape index (κ3) is 2.60. The number of anilines is 1. The van der Waals surface area contributed by atoms with Crippen molar-refractivity contribution >= 4 is 17.5 Å². The Morgan fingerprint density at radius 1 is 1.14 bits per heavy atom. The number of fused-ring (bicyclic) bond motifs is 2. The van der Waals surface area contributed by atoms with Gasteiger partial charge in [0.05, 0.1) is 0 Å². The minimum absolute atomic E-state index is 0.126. The number of para-hydroxylation sites is 2. The van der Waals surface area contributed by atoms with Crippen LogP contribution in [0.2, 0.25) is 0 Å². The average molecular weight is 390 g/mol. The summed E-state index contributed by atoms with van der Waals surface area (Å²) in [4.78, 5) is 28.7. The number of carbonyl (C=O) groups is 2. The van der Waals surface area contributed by atoms with Crippen LogP contribution in [-0.2, 0) is 9.59 Å². The van der Waals surface area contributed by atoms with E-state index in [0.717, 1.165) is 48.2 Å². The van der Waals surface area contributed by atoms with Crippen LogP contribution < -0.4 is 10.1 Å². The molecule has 2 amide bonds. The maximum absolute atomic E-state index is 13.5. The van der Waals surface area contributed by atoms with Crippen molar-refractivity contribution in [3.8, 4) is 5.75 Å². The molecule has 0 aromatic heterocycles. The number of aryl methyl sites for hydroxylation is 1. The maximum Gasteiger partial charge on any atom is 0.238 e. The molecule has 0 unspecified atom stereocenters. The van der Waals surface area contributed by atoms with Crippen LogP contribution in [0.4, 0.5) is 5.69 Å². The quantitative estimate of drug-likeness (QED) is 0.786. The second-order valence-corrected chi connectivity index (χ2v) is 8.54. The van der Waals surface area contributed by atoms with E-state index in [-0.39, 0.29) is 23.7 Å². The van der Waals surface area contributed by atoms with Crippen LogP contribution >= 0.6 is 0 Å². The highest BCUT2D eigenvalue weighted by molar-refractivity contribution is 6.08. The van der Waals surface area contributed by atoms with Gasteiger partial charge in [0.1, 0.15) is 11.7 Å². The first kappa shape index (κ1) is 18.2. The van der Waals surface area contributed by atoms with E-state index >= 15 is 0 Å². The van der Waals surface area contributed by atoms with E-state index in [1.807, 2.05) is 55.5 Å². The molecule has 4 atom stereocenters. The zero-order valence-electron chi connectivity index (χ0n) is 16.9. The van der Waals surface area contributed by atoms with Crippen molar-refractivity contribution in [3.05, 3.63) is 59.7 Å². The molecule has 2 bridgehead atoms. The van der Waals surface area contributed by atoms with Gasteiger partial charge in [-0.3, -0.25) is 9.59 Å². The van der Waals surface area contributed by atoms with Crippen molar-refractivity contribution in [1.29, 1.82) is 0 Å². The highest BCUT2D eigenvalue weighted by Crippen LogP contribution is 2.58. The van der Waals surface area contributed by atoms with Gasteiger partial charge in [-0.15, -0.1) is 0 Å². The van der Waals surface area contributed by atoms with Crippen LogP contribution in [0.1, 0.15) is 42.7 Å². The van der Waals surface area contributed by atoms with Gasteiger partial charge in [-0.25, -0.2) is 0 Å². The molecule has 1 saturated carbocycles. The molecule has 2 aromatic carbocycles. The van der Waals surface area contributed by atoms with Gasteiger partial charge in [0, 0.05) is 31.0 Å². The highest BCUT2D eigenvalue weighted by Gasteiger charge is 2.63. The van der Waals surface area contributed by atoms with Gasteiger partial charge in [0.15, 0.2) is 5.72 Å². The first-order chi connectivity index (χ1) is 14.0. The van der Waals surface area contributed by atoms with Crippen molar-refractivity contribution in [2.24, 2.45) is 11.8 Å². The SMILES string of the molecule is Cc1ccccc1NC(=O)[C@@H]1C(=O)N(C)[C@@]23CCCC[C@H]2[C@H]1c1ccccc1O3. The summed E-state index contributed by atoms with van der Waals surface area (Å²) < 4.78 is 6.52. The summed E-state index contributed by atoms with van der Waals surface area (Å²) in [6, 6.07) is 15.6. The summed E-state index contributed by atoms with van der Waals surface area (Å²) in [5.41, 5.74) is 2.10. The molecule has 29 heavy (non-hydrogen) atoms. The lowest BCUT2D eigenvalue weighted by atomic mass is 9.61. The number of carbonyl (C=O) groups excluding carboxylic acids is 2. The number of amides is 2. The van der Waals surface area contributed by atoms with Gasteiger partial charge in [-0.1, -0.05) is 42.8 Å². The number of nitrogens with zero attached hydrogens (tertiary/aromatic N) is 1. The summed E-state index contributed by atoms with van der Waals surface area (Å²) >= 11 is 0. The first-order valence-electron chi connectivity index (χ1n) is 10.4. The van der Waals surface area contributed by atoms with Crippen LogP contribution in [-0.4, -0.2) is 29.5 Å². The topological polar surface area (TPSA) is 58.6 Å². The molecule has 1 N–H and O–H groups in total. The maximum atomic E-state index is 13.5. The molecular formula is C24H26N2O3. The molecule has 0 radical (unpaired) electrons. The molecule has 150 valence electrons. The Morgan fingerprint density at radius 2 is 1.90 bits per heavy atom. The van der Waals surface area contributed by atoms with Crippen LogP contribution in [0.15, 0.2) is 48.5 Å². The van der Waals surface area contributed by atoms with Crippen molar-refractivity contribution in [3.63, 3.8) is 0 Å². The van der Waals surface area contributed by atoms with E-state index in [9.17, 15) is 9.59 Å². The van der Waals surface area contributed by atoms with Gasteiger partial charge >= 0.3 is 0 Å². The van der Waals surface area contributed by atoms with Crippen molar-refractivity contribution in [2.45, 2.75) is 44.2 Å². The van der Waals surface area contributed by atoms with E-state index < -0.39 is 11.6 Å². The Morgan fingerprint density at radius 3 is 2.72 bits per heavy atom. The van der Waals surface area contributed by atoms with E-state index in [4.69, 9.17) is 4.74 Å². The number of rotatable bonds is 2. The number of piperidine rings is 1. The van der Waals surface area contributed by atoms with E-state index in [1.54, 1.807) is 11.9 Å². The number of ether oxygens (including phenoxy) is 1. The lowest BCUT2D eigenvalue weighted by molar-refractivity contribution is -0.201. The fourth-order valence-corrected chi connectivity index (χ4v) is 5.64. The van der Waals surface area contributed by atoms with Crippen molar-refractivity contribution in [1.82, 2.24) is 4.90 Å². The first-order valence-corrected chi connectivity index (χ1v) is 10.4. The van der Waals surface area contributed by atoms with Gasteiger partial charge in [-0.05, 0) is 43.0 Å². The predicted octanol–water partition coefficient (Wildman–Crippen LogP) is 4.08. The zero-order valence-corrected chi connectivity index (χ0v) is 16.9. The number of nitrogens with one attached hydrogen (secondary N) is 1. The third-order valence-electron chi connectivity index (χ3n) is 7.09. The molecule has 5 rings (SSSR count). The number of likely N-dealkylation sites (tertiary alicyclic amines) is 1. The second kappa shape index (κ2) is 6.61.